The van der Waals surface area contributed by atoms with Gasteiger partial charge in [-0.05, 0) is 18.5 Å². The van der Waals surface area contributed by atoms with Crippen molar-refractivity contribution in [3.05, 3.63) is 30.4 Å². The number of rotatable bonds is 1. The highest BCUT2D eigenvalue weighted by Crippen LogP contribution is 2.18. The van der Waals surface area contributed by atoms with E-state index in [9.17, 15) is 0 Å². The quantitative estimate of drug-likeness (QED) is 0.761. The molecule has 0 bridgehead atoms. The van der Waals surface area contributed by atoms with E-state index in [0.717, 1.165) is 36.4 Å². The molecule has 2 aromatic heterocycles. The molecule has 15 heavy (non-hydrogen) atoms. The van der Waals surface area contributed by atoms with E-state index in [0.29, 0.717) is 0 Å². The summed E-state index contributed by atoms with van der Waals surface area (Å²) in [5.74, 6) is 0.824. The topological polar surface area (TPSA) is 51.0 Å². The Bertz CT molecular complexity index is 515. The monoisotopic (exact) mass is 201 g/mol. The first kappa shape index (κ1) is 8.61. The van der Waals surface area contributed by atoms with Crippen molar-refractivity contribution in [2.24, 2.45) is 0 Å². The van der Waals surface area contributed by atoms with E-state index < -0.39 is 0 Å². The number of furan rings is 1. The zero-order valence-corrected chi connectivity index (χ0v) is 8.23. The molecule has 0 amide bonds. The van der Waals surface area contributed by atoms with Crippen molar-refractivity contribution in [3.8, 4) is 0 Å². The van der Waals surface area contributed by atoms with Gasteiger partial charge in [0.05, 0.1) is 12.5 Å². The highest BCUT2D eigenvalue weighted by atomic mass is 16.3. The maximum atomic E-state index is 5.20. The Morgan fingerprint density at radius 2 is 2.40 bits per heavy atom. The molecule has 3 rings (SSSR count). The van der Waals surface area contributed by atoms with E-state index in [1.165, 1.54) is 5.57 Å². The molecule has 0 aromatic carbocycles. The van der Waals surface area contributed by atoms with Gasteiger partial charge in [0.1, 0.15) is 5.52 Å². The van der Waals surface area contributed by atoms with Crippen LogP contribution in [-0.2, 0) is 0 Å². The fourth-order valence-corrected chi connectivity index (χ4v) is 1.75. The molecule has 4 nitrogen and oxygen atoms in total. The van der Waals surface area contributed by atoms with Crippen molar-refractivity contribution >= 4 is 16.7 Å². The minimum Gasteiger partial charge on any atom is -0.461 e. The Kier molecular flexibility index (Phi) is 1.99. The molecule has 0 atom stereocenters. The van der Waals surface area contributed by atoms with Crippen molar-refractivity contribution in [1.82, 2.24) is 15.3 Å². The lowest BCUT2D eigenvalue weighted by molar-refractivity contribution is 0.613. The third-order valence-electron chi connectivity index (χ3n) is 2.55. The first-order chi connectivity index (χ1) is 7.43. The minimum atomic E-state index is 0.744. The number of aromatic nitrogens is 2. The number of fused-ring (bicyclic) bond motifs is 1. The third kappa shape index (κ3) is 1.53. The van der Waals surface area contributed by atoms with Gasteiger partial charge in [-0.15, -0.1) is 0 Å². The van der Waals surface area contributed by atoms with E-state index in [1.807, 2.05) is 6.07 Å². The highest BCUT2D eigenvalue weighted by molar-refractivity contribution is 5.74. The Labute approximate surface area is 87.0 Å². The predicted octanol–water partition coefficient (Wildman–Crippen LogP) is 1.60. The molecule has 0 saturated heterocycles. The zero-order valence-electron chi connectivity index (χ0n) is 8.23. The summed E-state index contributed by atoms with van der Waals surface area (Å²) in [4.78, 5) is 8.76. The Morgan fingerprint density at radius 3 is 3.27 bits per heavy atom. The summed E-state index contributed by atoms with van der Waals surface area (Å²) < 4.78 is 5.20. The highest BCUT2D eigenvalue weighted by Gasteiger charge is 2.09. The van der Waals surface area contributed by atoms with Crippen molar-refractivity contribution < 1.29 is 4.42 Å². The van der Waals surface area contributed by atoms with Crippen molar-refractivity contribution in [2.75, 3.05) is 13.1 Å². The molecule has 0 unspecified atom stereocenters. The molecule has 4 heteroatoms. The molecular formula is C11H11N3O. The van der Waals surface area contributed by atoms with E-state index in [-0.39, 0.29) is 0 Å². The summed E-state index contributed by atoms with van der Waals surface area (Å²) in [6.07, 6.45) is 6.51. The Hall–Kier alpha value is -1.68. The minimum absolute atomic E-state index is 0.744. The summed E-state index contributed by atoms with van der Waals surface area (Å²) in [6.45, 7) is 1.90. The first-order valence-corrected chi connectivity index (χ1v) is 5.04. The average Bonchev–Trinajstić information content (AvgIpc) is 2.77. The molecular weight excluding hydrogens is 190 g/mol. The second kappa shape index (κ2) is 3.47. The summed E-state index contributed by atoms with van der Waals surface area (Å²) in [5, 5.41) is 3.27. The number of hydrogen-bond acceptors (Lipinski definition) is 4. The largest absolute Gasteiger partial charge is 0.461 e. The van der Waals surface area contributed by atoms with Crippen LogP contribution in [0.4, 0.5) is 0 Å². The number of nitrogens with zero attached hydrogens (tertiary/aromatic N) is 2. The molecule has 1 aliphatic rings. The Morgan fingerprint density at radius 1 is 1.40 bits per heavy atom. The average molecular weight is 201 g/mol. The van der Waals surface area contributed by atoms with E-state index in [4.69, 9.17) is 4.42 Å². The smallest absolute Gasteiger partial charge is 0.170 e. The summed E-state index contributed by atoms with van der Waals surface area (Å²) >= 11 is 0. The van der Waals surface area contributed by atoms with Gasteiger partial charge in [-0.3, -0.25) is 0 Å². The lowest BCUT2D eigenvalue weighted by Crippen LogP contribution is -2.20. The van der Waals surface area contributed by atoms with Gasteiger partial charge in [-0.1, -0.05) is 6.08 Å². The standard InChI is InChI=1S/C11H11N3O/c1-4-12-5-2-8(1)11-13-7-10-9(14-11)3-6-15-10/h1,3,6-7,12H,2,4-5H2. The summed E-state index contributed by atoms with van der Waals surface area (Å²) in [7, 11) is 0. The molecule has 0 saturated carbocycles. The van der Waals surface area contributed by atoms with Crippen LogP contribution in [0, 0.1) is 0 Å². The van der Waals surface area contributed by atoms with Gasteiger partial charge in [0, 0.05) is 12.6 Å². The maximum Gasteiger partial charge on any atom is 0.170 e. The second-order valence-corrected chi connectivity index (χ2v) is 3.55. The third-order valence-corrected chi connectivity index (χ3v) is 2.55. The van der Waals surface area contributed by atoms with E-state index >= 15 is 0 Å². The maximum absolute atomic E-state index is 5.20. The van der Waals surface area contributed by atoms with Crippen LogP contribution in [0.25, 0.3) is 16.7 Å². The summed E-state index contributed by atoms with van der Waals surface area (Å²) in [5.41, 5.74) is 2.84. The summed E-state index contributed by atoms with van der Waals surface area (Å²) in [6, 6.07) is 1.86. The van der Waals surface area contributed by atoms with Crippen LogP contribution in [0.3, 0.4) is 0 Å². The van der Waals surface area contributed by atoms with Crippen molar-refractivity contribution in [3.63, 3.8) is 0 Å². The molecule has 0 aliphatic carbocycles. The van der Waals surface area contributed by atoms with Gasteiger partial charge < -0.3 is 9.73 Å². The van der Waals surface area contributed by atoms with Gasteiger partial charge >= 0.3 is 0 Å². The molecule has 76 valence electrons. The molecule has 1 N–H and O–H groups in total. The molecule has 0 radical (unpaired) electrons. The number of nitrogens with one attached hydrogen (secondary N) is 1. The SMILES string of the molecule is C1=C(c2ncc3occc3n2)CCNC1. The fraction of sp³-hybridized carbons (Fsp3) is 0.273. The van der Waals surface area contributed by atoms with Crippen molar-refractivity contribution in [1.29, 1.82) is 0 Å². The first-order valence-electron chi connectivity index (χ1n) is 5.04. The zero-order chi connectivity index (χ0) is 10.1. The molecule has 0 spiro atoms. The van der Waals surface area contributed by atoms with Gasteiger partial charge in [0.2, 0.25) is 0 Å². The van der Waals surface area contributed by atoms with Crippen LogP contribution in [-0.4, -0.2) is 23.1 Å². The predicted molar refractivity (Wildman–Crippen MR) is 57.3 cm³/mol. The van der Waals surface area contributed by atoms with E-state index in [2.05, 4.69) is 21.4 Å². The fourth-order valence-electron chi connectivity index (χ4n) is 1.75. The molecule has 1 aliphatic heterocycles. The van der Waals surface area contributed by atoms with Gasteiger partial charge in [0.25, 0.3) is 0 Å². The van der Waals surface area contributed by atoms with Crippen LogP contribution in [0.1, 0.15) is 12.2 Å². The lowest BCUT2D eigenvalue weighted by atomic mass is 10.1. The van der Waals surface area contributed by atoms with Crippen LogP contribution < -0.4 is 5.32 Å². The van der Waals surface area contributed by atoms with Crippen molar-refractivity contribution in [2.45, 2.75) is 6.42 Å². The normalized spacial score (nSPS) is 16.7. The number of hydrogen-bond donors (Lipinski definition) is 1. The lowest BCUT2D eigenvalue weighted by Gasteiger charge is -2.12. The van der Waals surface area contributed by atoms with Gasteiger partial charge in [-0.2, -0.15) is 0 Å². The van der Waals surface area contributed by atoms with Crippen LogP contribution in [0.2, 0.25) is 0 Å². The van der Waals surface area contributed by atoms with Gasteiger partial charge in [-0.25, -0.2) is 9.97 Å². The molecule has 3 heterocycles. The van der Waals surface area contributed by atoms with Crippen LogP contribution in [0.15, 0.2) is 29.0 Å². The van der Waals surface area contributed by atoms with Crippen LogP contribution in [0.5, 0.6) is 0 Å². The molecule has 2 aromatic rings. The van der Waals surface area contributed by atoms with E-state index in [1.54, 1.807) is 12.5 Å². The Balaban J connectivity index is 2.06. The van der Waals surface area contributed by atoms with Crippen LogP contribution >= 0.6 is 0 Å². The second-order valence-electron chi connectivity index (χ2n) is 3.55. The molecule has 0 fully saturated rings. The van der Waals surface area contributed by atoms with Gasteiger partial charge in [0.15, 0.2) is 11.4 Å².